The number of anilines is 1. The number of carbonyl (C=O) groups is 1. The summed E-state index contributed by atoms with van der Waals surface area (Å²) in [6.07, 6.45) is 9.04. The van der Waals surface area contributed by atoms with E-state index in [0.29, 0.717) is 17.9 Å². The topological polar surface area (TPSA) is 72.9 Å². The first-order valence-electron chi connectivity index (χ1n) is 8.87. The summed E-state index contributed by atoms with van der Waals surface area (Å²) in [6.45, 7) is 0. The van der Waals surface area contributed by atoms with Gasteiger partial charge in [-0.1, -0.05) is 24.6 Å². The number of nitrogens with zero attached hydrogens (tertiary/aromatic N) is 2. The van der Waals surface area contributed by atoms with Crippen LogP contribution in [0, 0.1) is 17.8 Å². The Balaban J connectivity index is 1.42. The molecule has 2 unspecified atom stereocenters. The molecule has 1 heterocycles. The number of benzene rings is 1. The molecule has 3 N–H and O–H groups in total. The van der Waals surface area contributed by atoms with Crippen LogP contribution < -0.4 is 11.1 Å². The minimum absolute atomic E-state index is 0.0835. The van der Waals surface area contributed by atoms with Crippen LogP contribution in [-0.4, -0.2) is 21.7 Å². The van der Waals surface area contributed by atoms with Gasteiger partial charge in [0, 0.05) is 12.0 Å². The molecular weight excluding hydrogens is 300 g/mol. The second-order valence-corrected chi connectivity index (χ2v) is 7.20. The maximum atomic E-state index is 12.7. The number of aromatic nitrogens is 2. The van der Waals surface area contributed by atoms with Gasteiger partial charge in [-0.2, -0.15) is 5.10 Å². The van der Waals surface area contributed by atoms with Crippen LogP contribution in [0.15, 0.2) is 42.7 Å². The molecule has 5 nitrogen and oxygen atoms in total. The normalized spacial score (nSPS) is 29.2. The smallest absolute Gasteiger partial charge is 0.227 e. The lowest BCUT2D eigenvalue weighted by Gasteiger charge is -2.43. The number of para-hydroxylation sites is 1. The first kappa shape index (κ1) is 15.4. The molecule has 1 amide bonds. The highest BCUT2D eigenvalue weighted by Crippen LogP contribution is 2.42. The lowest BCUT2D eigenvalue weighted by atomic mass is 9.65. The summed E-state index contributed by atoms with van der Waals surface area (Å²) in [5.74, 6) is 1.23. The largest absolute Gasteiger partial charge is 0.327 e. The van der Waals surface area contributed by atoms with E-state index < -0.39 is 0 Å². The van der Waals surface area contributed by atoms with Gasteiger partial charge in [-0.3, -0.25) is 4.79 Å². The van der Waals surface area contributed by atoms with E-state index in [9.17, 15) is 4.79 Å². The van der Waals surface area contributed by atoms with Crippen molar-refractivity contribution in [3.05, 3.63) is 42.7 Å². The zero-order valence-corrected chi connectivity index (χ0v) is 13.8. The van der Waals surface area contributed by atoms with Gasteiger partial charge in [-0.25, -0.2) is 4.68 Å². The maximum Gasteiger partial charge on any atom is 0.227 e. The number of rotatable bonds is 3. The molecule has 2 aliphatic rings. The van der Waals surface area contributed by atoms with Crippen molar-refractivity contribution in [2.75, 3.05) is 5.32 Å². The third-order valence-corrected chi connectivity index (χ3v) is 5.65. The van der Waals surface area contributed by atoms with Crippen molar-refractivity contribution >= 4 is 11.6 Å². The quantitative estimate of drug-likeness (QED) is 0.911. The average molecular weight is 324 g/mol. The van der Waals surface area contributed by atoms with Crippen LogP contribution >= 0.6 is 0 Å². The van der Waals surface area contributed by atoms with Crippen molar-refractivity contribution in [3.63, 3.8) is 0 Å². The number of amides is 1. The summed E-state index contributed by atoms with van der Waals surface area (Å²) >= 11 is 0. The van der Waals surface area contributed by atoms with Crippen molar-refractivity contribution in [2.45, 2.75) is 38.1 Å². The van der Waals surface area contributed by atoms with E-state index in [0.717, 1.165) is 24.2 Å². The standard InChI is InChI=1S/C19H24N4O/c20-18-13-5-4-6-14(18)10-15(9-13)19(24)22-16-11-21-23(12-16)17-7-2-1-3-8-17/h1-3,7-8,11-15,18H,4-6,9-10,20H2,(H,22,24). The van der Waals surface area contributed by atoms with Crippen molar-refractivity contribution in [3.8, 4) is 5.69 Å². The molecule has 4 rings (SSSR count). The van der Waals surface area contributed by atoms with Crippen LogP contribution in [0.3, 0.4) is 0 Å². The van der Waals surface area contributed by atoms with Gasteiger partial charge in [0.25, 0.3) is 0 Å². The number of fused-ring (bicyclic) bond motifs is 2. The molecule has 1 aromatic heterocycles. The fourth-order valence-corrected chi connectivity index (χ4v) is 4.36. The zero-order valence-electron chi connectivity index (χ0n) is 13.8. The van der Waals surface area contributed by atoms with E-state index in [1.807, 2.05) is 36.5 Å². The SMILES string of the molecule is NC1C2CCCC1CC(C(=O)Nc1cnn(-c3ccccc3)c1)C2. The number of hydrogen-bond acceptors (Lipinski definition) is 3. The number of nitrogens with one attached hydrogen (secondary N) is 1. The molecule has 0 spiro atoms. The summed E-state index contributed by atoms with van der Waals surface area (Å²) in [5.41, 5.74) is 8.06. The lowest BCUT2D eigenvalue weighted by Crippen LogP contribution is -2.48. The third kappa shape index (κ3) is 2.96. The predicted molar refractivity (Wildman–Crippen MR) is 93.7 cm³/mol. The molecule has 1 aromatic carbocycles. The number of hydrogen-bond donors (Lipinski definition) is 2. The Kier molecular flexibility index (Phi) is 4.10. The van der Waals surface area contributed by atoms with E-state index >= 15 is 0 Å². The van der Waals surface area contributed by atoms with Crippen LogP contribution in [0.25, 0.3) is 5.69 Å². The first-order valence-corrected chi connectivity index (χ1v) is 8.87. The van der Waals surface area contributed by atoms with Gasteiger partial charge in [0.05, 0.1) is 23.8 Å². The van der Waals surface area contributed by atoms with Crippen molar-refractivity contribution < 1.29 is 4.79 Å². The molecule has 0 radical (unpaired) electrons. The Morgan fingerprint density at radius 3 is 2.58 bits per heavy atom. The van der Waals surface area contributed by atoms with E-state index in [-0.39, 0.29) is 11.8 Å². The van der Waals surface area contributed by atoms with Crippen molar-refractivity contribution in [2.24, 2.45) is 23.5 Å². The highest BCUT2D eigenvalue weighted by atomic mass is 16.1. The molecule has 5 heteroatoms. The van der Waals surface area contributed by atoms with Gasteiger partial charge in [0.2, 0.25) is 5.91 Å². The molecule has 2 fully saturated rings. The lowest BCUT2D eigenvalue weighted by molar-refractivity contribution is -0.122. The Bertz CT molecular complexity index is 697. The van der Waals surface area contributed by atoms with Gasteiger partial charge < -0.3 is 11.1 Å². The molecule has 0 saturated heterocycles. The van der Waals surface area contributed by atoms with Gasteiger partial charge in [0.1, 0.15) is 0 Å². The molecule has 2 atom stereocenters. The monoisotopic (exact) mass is 324 g/mol. The van der Waals surface area contributed by atoms with Crippen LogP contribution in [0.2, 0.25) is 0 Å². The Morgan fingerprint density at radius 1 is 1.17 bits per heavy atom. The molecule has 0 aliphatic heterocycles. The van der Waals surface area contributed by atoms with E-state index in [2.05, 4.69) is 10.4 Å². The fourth-order valence-electron chi connectivity index (χ4n) is 4.36. The van der Waals surface area contributed by atoms with Crippen LogP contribution in [0.1, 0.15) is 32.1 Å². The minimum Gasteiger partial charge on any atom is -0.327 e. The first-order chi connectivity index (χ1) is 11.7. The van der Waals surface area contributed by atoms with Gasteiger partial charge in [-0.05, 0) is 49.7 Å². The molecule has 2 aromatic rings. The average Bonchev–Trinajstić information content (AvgIpc) is 3.04. The minimum atomic E-state index is 0.0835. The second kappa shape index (κ2) is 6.40. The number of nitrogens with two attached hydrogens (primary N) is 1. The van der Waals surface area contributed by atoms with E-state index in [1.165, 1.54) is 19.3 Å². The van der Waals surface area contributed by atoms with Crippen LogP contribution in [0.5, 0.6) is 0 Å². The Labute approximate surface area is 142 Å². The summed E-state index contributed by atoms with van der Waals surface area (Å²) in [7, 11) is 0. The molecular formula is C19H24N4O. The van der Waals surface area contributed by atoms with E-state index in [4.69, 9.17) is 5.73 Å². The highest BCUT2D eigenvalue weighted by molar-refractivity contribution is 5.92. The molecule has 2 saturated carbocycles. The van der Waals surface area contributed by atoms with Gasteiger partial charge in [0.15, 0.2) is 0 Å². The zero-order chi connectivity index (χ0) is 16.5. The maximum absolute atomic E-state index is 12.7. The molecule has 24 heavy (non-hydrogen) atoms. The van der Waals surface area contributed by atoms with Crippen molar-refractivity contribution in [1.29, 1.82) is 0 Å². The van der Waals surface area contributed by atoms with Gasteiger partial charge >= 0.3 is 0 Å². The summed E-state index contributed by atoms with van der Waals surface area (Å²) in [4.78, 5) is 12.7. The van der Waals surface area contributed by atoms with Crippen LogP contribution in [-0.2, 0) is 4.79 Å². The Morgan fingerprint density at radius 2 is 1.88 bits per heavy atom. The summed E-state index contributed by atoms with van der Waals surface area (Å²) < 4.78 is 1.78. The molecule has 126 valence electrons. The molecule has 2 bridgehead atoms. The summed E-state index contributed by atoms with van der Waals surface area (Å²) in [5, 5.41) is 7.38. The van der Waals surface area contributed by atoms with Gasteiger partial charge in [-0.15, -0.1) is 0 Å². The fraction of sp³-hybridized carbons (Fsp3) is 0.474. The van der Waals surface area contributed by atoms with Crippen LogP contribution in [0.4, 0.5) is 5.69 Å². The predicted octanol–water partition coefficient (Wildman–Crippen LogP) is 2.96. The van der Waals surface area contributed by atoms with E-state index in [1.54, 1.807) is 10.9 Å². The summed E-state index contributed by atoms with van der Waals surface area (Å²) in [6, 6.07) is 10.2. The third-order valence-electron chi connectivity index (χ3n) is 5.65. The molecule has 2 aliphatic carbocycles. The number of carbonyl (C=O) groups excluding carboxylic acids is 1. The Hall–Kier alpha value is -2.14. The second-order valence-electron chi connectivity index (χ2n) is 7.20. The van der Waals surface area contributed by atoms with Crippen molar-refractivity contribution in [1.82, 2.24) is 9.78 Å². The highest BCUT2D eigenvalue weighted by Gasteiger charge is 2.40.